The lowest BCUT2D eigenvalue weighted by Crippen LogP contribution is -2.07. The number of nitrogens with zero attached hydrogens (tertiary/aromatic N) is 2. The Balaban J connectivity index is 2.07. The third-order valence-electron chi connectivity index (χ3n) is 2.37. The fraction of sp³-hybridized carbons (Fsp3) is 0.444. The molecule has 0 atom stereocenters. The Bertz CT molecular complexity index is 390. The summed E-state index contributed by atoms with van der Waals surface area (Å²) in [4.78, 5) is 13.8. The number of hydrogen-bond donors (Lipinski definition) is 2. The largest absolute Gasteiger partial charge is 0.396 e. The van der Waals surface area contributed by atoms with Crippen LogP contribution in [0.25, 0.3) is 0 Å². The molecule has 0 aliphatic heterocycles. The fourth-order valence-corrected chi connectivity index (χ4v) is 1.28. The van der Waals surface area contributed by atoms with E-state index >= 15 is 0 Å². The molecule has 0 radical (unpaired) electrons. The average molecular weight is 208 g/mol. The molecular weight excluding hydrogens is 196 g/mol. The smallest absolute Gasteiger partial charge is 0.289 e. The first-order valence-electron chi connectivity index (χ1n) is 4.80. The minimum absolute atomic E-state index is 0.0792. The lowest BCUT2D eigenvalue weighted by Gasteiger charge is -2.06. The van der Waals surface area contributed by atoms with E-state index in [-0.39, 0.29) is 5.69 Å². The van der Waals surface area contributed by atoms with Crippen molar-refractivity contribution in [2.45, 2.75) is 12.8 Å². The van der Waals surface area contributed by atoms with Crippen molar-refractivity contribution in [2.24, 2.45) is 5.92 Å². The molecule has 0 amide bonds. The highest BCUT2D eigenvalue weighted by Crippen LogP contribution is 2.29. The first kappa shape index (κ1) is 9.70. The lowest BCUT2D eigenvalue weighted by atomic mass is 10.3. The predicted octanol–water partition coefficient (Wildman–Crippen LogP) is 1.39. The highest BCUT2D eigenvalue weighted by Gasteiger charge is 2.21. The first-order valence-corrected chi connectivity index (χ1v) is 4.80. The number of nitro groups is 1. The Hall–Kier alpha value is -1.85. The molecule has 0 unspecified atom stereocenters. The summed E-state index contributed by atoms with van der Waals surface area (Å²) in [7, 11) is 0. The van der Waals surface area contributed by atoms with E-state index < -0.39 is 4.92 Å². The molecule has 1 fully saturated rings. The normalized spacial score (nSPS) is 14.9. The van der Waals surface area contributed by atoms with Gasteiger partial charge in [-0.3, -0.25) is 10.1 Å². The summed E-state index contributed by atoms with van der Waals surface area (Å²) in [5.74, 6) is 1.24. The van der Waals surface area contributed by atoms with Gasteiger partial charge in [0.2, 0.25) is 0 Å². The van der Waals surface area contributed by atoms with Crippen LogP contribution in [0, 0.1) is 16.0 Å². The molecule has 0 saturated heterocycles. The number of nitrogen functional groups attached to an aromatic ring is 1. The molecule has 1 aromatic rings. The Morgan fingerprint density at radius 1 is 1.67 bits per heavy atom. The van der Waals surface area contributed by atoms with Gasteiger partial charge in [0.15, 0.2) is 0 Å². The van der Waals surface area contributed by atoms with Crippen LogP contribution in [-0.4, -0.2) is 16.5 Å². The van der Waals surface area contributed by atoms with Crippen LogP contribution in [0.5, 0.6) is 0 Å². The van der Waals surface area contributed by atoms with E-state index in [1.165, 1.54) is 25.1 Å². The van der Waals surface area contributed by atoms with Gasteiger partial charge in [-0.25, -0.2) is 4.98 Å². The Kier molecular flexibility index (Phi) is 2.40. The fourth-order valence-electron chi connectivity index (χ4n) is 1.28. The summed E-state index contributed by atoms with van der Waals surface area (Å²) in [6, 6.07) is 1.32. The molecule has 2 rings (SSSR count). The third-order valence-corrected chi connectivity index (χ3v) is 2.37. The molecule has 0 spiro atoms. The quantitative estimate of drug-likeness (QED) is 0.576. The van der Waals surface area contributed by atoms with Gasteiger partial charge in [0.05, 0.1) is 10.6 Å². The van der Waals surface area contributed by atoms with Crippen molar-refractivity contribution >= 4 is 17.2 Å². The zero-order chi connectivity index (χ0) is 10.8. The van der Waals surface area contributed by atoms with Gasteiger partial charge < -0.3 is 11.1 Å². The molecule has 80 valence electrons. The molecule has 0 aromatic carbocycles. The molecule has 1 aromatic heterocycles. The number of pyridine rings is 1. The van der Waals surface area contributed by atoms with Gasteiger partial charge in [-0.1, -0.05) is 0 Å². The average Bonchev–Trinajstić information content (AvgIpc) is 2.99. The molecule has 1 aliphatic rings. The maximum Gasteiger partial charge on any atom is 0.289 e. The molecular formula is C9H12N4O2. The van der Waals surface area contributed by atoms with Gasteiger partial charge in [-0.2, -0.15) is 0 Å². The van der Waals surface area contributed by atoms with E-state index in [1.54, 1.807) is 0 Å². The monoisotopic (exact) mass is 208 g/mol. The van der Waals surface area contributed by atoms with Crippen molar-refractivity contribution in [3.63, 3.8) is 0 Å². The van der Waals surface area contributed by atoms with E-state index in [0.29, 0.717) is 17.4 Å². The van der Waals surface area contributed by atoms with Crippen LogP contribution in [-0.2, 0) is 0 Å². The minimum atomic E-state index is -0.506. The number of hydrogen-bond acceptors (Lipinski definition) is 5. The van der Waals surface area contributed by atoms with Gasteiger partial charge >= 0.3 is 0 Å². The number of aromatic nitrogens is 1. The second kappa shape index (κ2) is 3.72. The van der Waals surface area contributed by atoms with Crippen molar-refractivity contribution < 1.29 is 4.92 Å². The van der Waals surface area contributed by atoms with E-state index in [0.717, 1.165) is 6.54 Å². The van der Waals surface area contributed by atoms with Crippen LogP contribution in [0.2, 0.25) is 0 Å². The number of nitrogens with two attached hydrogens (primary N) is 1. The third kappa shape index (κ3) is 2.34. The number of nitrogens with one attached hydrogen (secondary N) is 1. The van der Waals surface area contributed by atoms with E-state index in [9.17, 15) is 10.1 Å². The van der Waals surface area contributed by atoms with Crippen molar-refractivity contribution in [1.82, 2.24) is 4.98 Å². The van der Waals surface area contributed by atoms with E-state index in [1.807, 2.05) is 0 Å². The van der Waals surface area contributed by atoms with E-state index in [4.69, 9.17) is 5.73 Å². The van der Waals surface area contributed by atoms with Crippen LogP contribution in [0.1, 0.15) is 12.8 Å². The topological polar surface area (TPSA) is 94.1 Å². The second-order valence-electron chi connectivity index (χ2n) is 3.71. The van der Waals surface area contributed by atoms with Crippen molar-refractivity contribution in [3.05, 3.63) is 22.4 Å². The minimum Gasteiger partial charge on any atom is -0.396 e. The standard InChI is InChI=1S/C9H12N4O2/c10-8-3-7(13(14)15)5-12-9(8)11-4-6-1-2-6/h3,5-6H,1-2,4,10H2,(H,11,12). The zero-order valence-electron chi connectivity index (χ0n) is 8.14. The zero-order valence-corrected chi connectivity index (χ0v) is 8.14. The van der Waals surface area contributed by atoms with Crippen LogP contribution < -0.4 is 11.1 Å². The molecule has 3 N–H and O–H groups in total. The highest BCUT2D eigenvalue weighted by atomic mass is 16.6. The number of anilines is 2. The van der Waals surface area contributed by atoms with Crippen molar-refractivity contribution in [1.29, 1.82) is 0 Å². The van der Waals surface area contributed by atoms with Crippen LogP contribution in [0.4, 0.5) is 17.2 Å². The van der Waals surface area contributed by atoms with Crippen molar-refractivity contribution in [2.75, 3.05) is 17.6 Å². The van der Waals surface area contributed by atoms with E-state index in [2.05, 4.69) is 10.3 Å². The van der Waals surface area contributed by atoms with Gasteiger partial charge in [0.25, 0.3) is 5.69 Å². The summed E-state index contributed by atoms with van der Waals surface area (Å²) in [6.45, 7) is 0.842. The van der Waals surface area contributed by atoms with Gasteiger partial charge in [-0.05, 0) is 18.8 Å². The molecule has 1 aliphatic carbocycles. The molecule has 6 heteroatoms. The predicted molar refractivity (Wildman–Crippen MR) is 56.5 cm³/mol. The van der Waals surface area contributed by atoms with Gasteiger partial charge in [-0.15, -0.1) is 0 Å². The first-order chi connectivity index (χ1) is 7.16. The Morgan fingerprint density at radius 2 is 2.40 bits per heavy atom. The molecule has 1 saturated carbocycles. The molecule has 0 bridgehead atoms. The molecule has 1 heterocycles. The Morgan fingerprint density at radius 3 is 2.93 bits per heavy atom. The molecule has 15 heavy (non-hydrogen) atoms. The van der Waals surface area contributed by atoms with Crippen LogP contribution >= 0.6 is 0 Å². The Labute approximate surface area is 86.6 Å². The maximum absolute atomic E-state index is 10.4. The molecule has 6 nitrogen and oxygen atoms in total. The summed E-state index contributed by atoms with van der Waals surface area (Å²) in [5, 5.41) is 13.5. The highest BCUT2D eigenvalue weighted by molar-refractivity contribution is 5.64. The lowest BCUT2D eigenvalue weighted by molar-refractivity contribution is -0.385. The SMILES string of the molecule is Nc1cc([N+](=O)[O-])cnc1NCC1CC1. The van der Waals surface area contributed by atoms with Crippen LogP contribution in [0.15, 0.2) is 12.3 Å². The second-order valence-corrected chi connectivity index (χ2v) is 3.71. The van der Waals surface area contributed by atoms with Gasteiger partial charge in [0.1, 0.15) is 12.0 Å². The number of rotatable bonds is 4. The van der Waals surface area contributed by atoms with Gasteiger partial charge in [0, 0.05) is 12.6 Å². The summed E-state index contributed by atoms with van der Waals surface area (Å²) < 4.78 is 0. The summed E-state index contributed by atoms with van der Waals surface area (Å²) >= 11 is 0. The summed E-state index contributed by atoms with van der Waals surface area (Å²) in [6.07, 6.45) is 3.69. The van der Waals surface area contributed by atoms with Crippen LogP contribution in [0.3, 0.4) is 0 Å². The van der Waals surface area contributed by atoms with Crippen molar-refractivity contribution in [3.8, 4) is 0 Å². The maximum atomic E-state index is 10.4. The summed E-state index contributed by atoms with van der Waals surface area (Å²) in [5.41, 5.74) is 5.88.